The zero-order valence-corrected chi connectivity index (χ0v) is 22.1. The number of amides is 1. The van der Waals surface area contributed by atoms with E-state index in [1.807, 2.05) is 30.3 Å². The number of esters is 1. The van der Waals surface area contributed by atoms with Gasteiger partial charge >= 0.3 is 5.97 Å². The summed E-state index contributed by atoms with van der Waals surface area (Å²) in [5.41, 5.74) is 2.38. The smallest absolute Gasteiger partial charge is 0.307 e. The molecule has 2 aliphatic rings. The van der Waals surface area contributed by atoms with E-state index in [0.717, 1.165) is 43.7 Å². The van der Waals surface area contributed by atoms with E-state index in [1.165, 1.54) is 12.4 Å². The van der Waals surface area contributed by atoms with Gasteiger partial charge in [0, 0.05) is 50.2 Å². The molecule has 1 amide bonds. The number of piperazine rings is 1. The van der Waals surface area contributed by atoms with Gasteiger partial charge in [-0.15, -0.1) is 0 Å². The minimum absolute atomic E-state index is 0.0218. The predicted octanol–water partition coefficient (Wildman–Crippen LogP) is 3.24. The third kappa shape index (κ3) is 6.52. The maximum atomic E-state index is 12.2. The van der Waals surface area contributed by atoms with Gasteiger partial charge in [-0.05, 0) is 24.6 Å². The highest BCUT2D eigenvalue weighted by Gasteiger charge is 2.31. The third-order valence-corrected chi connectivity index (χ3v) is 7.26. The molecule has 2 saturated heterocycles. The van der Waals surface area contributed by atoms with Crippen LogP contribution in [-0.2, 0) is 14.3 Å². The molecule has 0 aliphatic carbocycles. The number of rotatable bonds is 10. The maximum absolute atomic E-state index is 12.2. The van der Waals surface area contributed by atoms with Crippen LogP contribution in [0.4, 0.5) is 11.5 Å². The van der Waals surface area contributed by atoms with Crippen molar-refractivity contribution in [3.8, 4) is 5.75 Å². The van der Waals surface area contributed by atoms with Crippen molar-refractivity contribution in [2.24, 2.45) is 0 Å². The SMILES string of the molecule is C=CC(=O)Nc1cc2c(N[C@H](C)c3ccccc3)ncnc2cc1OCCN1CCN(C2COC(=O)C2)CC1. The lowest BCUT2D eigenvalue weighted by atomic mass is 10.1. The number of carbonyl (C=O) groups is 2. The molecule has 2 aromatic carbocycles. The second kappa shape index (κ2) is 12.2. The van der Waals surface area contributed by atoms with Crippen LogP contribution in [0.15, 0.2) is 61.4 Å². The zero-order valence-electron chi connectivity index (χ0n) is 22.1. The molecule has 2 fully saturated rings. The Kier molecular flexibility index (Phi) is 8.33. The van der Waals surface area contributed by atoms with Crippen LogP contribution in [-0.4, -0.2) is 83.6 Å². The fourth-order valence-corrected chi connectivity index (χ4v) is 5.00. The molecule has 10 heteroatoms. The van der Waals surface area contributed by atoms with Gasteiger partial charge in [-0.3, -0.25) is 19.4 Å². The number of ether oxygens (including phenoxy) is 2. The number of anilines is 2. The number of benzene rings is 2. The van der Waals surface area contributed by atoms with Gasteiger partial charge in [0.2, 0.25) is 5.91 Å². The van der Waals surface area contributed by atoms with Crippen molar-refractivity contribution in [3.63, 3.8) is 0 Å². The summed E-state index contributed by atoms with van der Waals surface area (Å²) in [7, 11) is 0. The number of fused-ring (bicyclic) bond motifs is 1. The first-order chi connectivity index (χ1) is 19.0. The molecule has 204 valence electrons. The number of aromatic nitrogens is 2. The second-order valence-corrected chi connectivity index (χ2v) is 9.82. The highest BCUT2D eigenvalue weighted by atomic mass is 16.5. The first-order valence-corrected chi connectivity index (χ1v) is 13.3. The molecule has 5 rings (SSSR count). The first-order valence-electron chi connectivity index (χ1n) is 13.3. The van der Waals surface area contributed by atoms with E-state index in [-0.39, 0.29) is 24.0 Å². The lowest BCUT2D eigenvalue weighted by Gasteiger charge is -2.36. The van der Waals surface area contributed by atoms with Crippen LogP contribution in [0.5, 0.6) is 5.75 Å². The molecule has 0 bridgehead atoms. The summed E-state index contributed by atoms with van der Waals surface area (Å²) in [6.07, 6.45) is 3.24. The first kappa shape index (κ1) is 26.6. The van der Waals surface area contributed by atoms with E-state index in [9.17, 15) is 9.59 Å². The van der Waals surface area contributed by atoms with Crippen LogP contribution in [0.1, 0.15) is 24.9 Å². The number of hydrogen-bond donors (Lipinski definition) is 2. The molecular formula is C29H34N6O4. The van der Waals surface area contributed by atoms with Crippen molar-refractivity contribution >= 4 is 34.3 Å². The van der Waals surface area contributed by atoms with Gasteiger partial charge in [0.25, 0.3) is 0 Å². The Labute approximate surface area is 228 Å². The van der Waals surface area contributed by atoms with Crippen molar-refractivity contribution in [2.45, 2.75) is 25.4 Å². The Balaban J connectivity index is 1.26. The Morgan fingerprint density at radius 3 is 2.72 bits per heavy atom. The molecular weight excluding hydrogens is 496 g/mol. The molecule has 1 aromatic heterocycles. The molecule has 2 atom stereocenters. The van der Waals surface area contributed by atoms with Gasteiger partial charge in [0.1, 0.15) is 31.1 Å². The molecule has 0 spiro atoms. The van der Waals surface area contributed by atoms with Gasteiger partial charge in [-0.25, -0.2) is 9.97 Å². The van der Waals surface area contributed by atoms with Crippen LogP contribution < -0.4 is 15.4 Å². The number of cyclic esters (lactones) is 1. The molecule has 3 aromatic rings. The van der Waals surface area contributed by atoms with E-state index in [4.69, 9.17) is 9.47 Å². The van der Waals surface area contributed by atoms with Crippen LogP contribution in [0.25, 0.3) is 10.9 Å². The Morgan fingerprint density at radius 2 is 2.00 bits per heavy atom. The summed E-state index contributed by atoms with van der Waals surface area (Å²) in [6.45, 7) is 10.9. The molecule has 0 saturated carbocycles. The fourth-order valence-electron chi connectivity index (χ4n) is 5.00. The number of hydrogen-bond acceptors (Lipinski definition) is 9. The summed E-state index contributed by atoms with van der Waals surface area (Å²) >= 11 is 0. The molecule has 2 N–H and O–H groups in total. The van der Waals surface area contributed by atoms with Crippen molar-refractivity contribution in [2.75, 3.05) is 56.6 Å². The van der Waals surface area contributed by atoms with Crippen LogP contribution in [0.3, 0.4) is 0 Å². The Hall–Kier alpha value is -4.02. The van der Waals surface area contributed by atoms with Crippen molar-refractivity contribution in [1.82, 2.24) is 19.8 Å². The van der Waals surface area contributed by atoms with E-state index in [2.05, 4.69) is 56.0 Å². The van der Waals surface area contributed by atoms with Crippen LogP contribution in [0.2, 0.25) is 0 Å². The Bertz CT molecular complexity index is 1330. The third-order valence-electron chi connectivity index (χ3n) is 7.26. The average molecular weight is 531 g/mol. The summed E-state index contributed by atoms with van der Waals surface area (Å²) in [4.78, 5) is 37.3. The van der Waals surface area contributed by atoms with Crippen LogP contribution in [0, 0.1) is 0 Å². The van der Waals surface area contributed by atoms with Crippen molar-refractivity contribution < 1.29 is 19.1 Å². The monoisotopic (exact) mass is 530 g/mol. The molecule has 1 unspecified atom stereocenters. The molecule has 2 aliphatic heterocycles. The van der Waals surface area contributed by atoms with E-state index < -0.39 is 0 Å². The lowest BCUT2D eigenvalue weighted by Crippen LogP contribution is -2.51. The summed E-state index contributed by atoms with van der Waals surface area (Å²) in [6, 6.07) is 14.0. The highest BCUT2D eigenvalue weighted by molar-refractivity contribution is 6.03. The van der Waals surface area contributed by atoms with Gasteiger partial charge in [-0.1, -0.05) is 36.9 Å². The normalized spacial score (nSPS) is 18.9. The van der Waals surface area contributed by atoms with Crippen molar-refractivity contribution in [3.05, 3.63) is 67.0 Å². The molecule has 3 heterocycles. The predicted molar refractivity (Wildman–Crippen MR) is 150 cm³/mol. The minimum atomic E-state index is -0.325. The molecule has 39 heavy (non-hydrogen) atoms. The zero-order chi connectivity index (χ0) is 27.2. The van der Waals surface area contributed by atoms with Crippen molar-refractivity contribution in [1.29, 1.82) is 0 Å². The quantitative estimate of drug-likeness (QED) is 0.302. The average Bonchev–Trinajstić information content (AvgIpc) is 3.40. The van der Waals surface area contributed by atoms with E-state index >= 15 is 0 Å². The van der Waals surface area contributed by atoms with Crippen LogP contribution >= 0.6 is 0 Å². The summed E-state index contributed by atoms with van der Waals surface area (Å²) in [5.74, 6) is 0.779. The molecule has 10 nitrogen and oxygen atoms in total. The second-order valence-electron chi connectivity index (χ2n) is 9.82. The largest absolute Gasteiger partial charge is 0.490 e. The number of carbonyl (C=O) groups excluding carboxylic acids is 2. The highest BCUT2D eigenvalue weighted by Crippen LogP contribution is 2.33. The van der Waals surface area contributed by atoms with Gasteiger partial charge in [0.05, 0.1) is 23.7 Å². The number of nitrogens with one attached hydrogen (secondary N) is 2. The lowest BCUT2D eigenvalue weighted by molar-refractivity contribution is -0.137. The summed E-state index contributed by atoms with van der Waals surface area (Å²) < 4.78 is 11.3. The topological polar surface area (TPSA) is 109 Å². The standard InChI is InChI=1S/C29H34N6O4/c1-3-27(36)33-25-16-23-24(30-19-31-29(23)32-20(2)21-7-5-4-6-8-21)17-26(25)38-14-13-34-9-11-35(12-10-34)22-15-28(37)39-18-22/h3-8,16-17,19-20,22H,1,9-15,18H2,2H3,(H,33,36)(H,30,31,32)/t20-,22?/m1/s1. The molecule has 0 radical (unpaired) electrons. The fraction of sp³-hybridized carbons (Fsp3) is 0.379. The van der Waals surface area contributed by atoms with E-state index in [1.54, 1.807) is 0 Å². The summed E-state index contributed by atoms with van der Waals surface area (Å²) in [5, 5.41) is 7.11. The Morgan fingerprint density at radius 1 is 1.21 bits per heavy atom. The van der Waals surface area contributed by atoms with Gasteiger partial charge in [-0.2, -0.15) is 0 Å². The maximum Gasteiger partial charge on any atom is 0.307 e. The van der Waals surface area contributed by atoms with Gasteiger partial charge < -0.3 is 20.1 Å². The van der Waals surface area contributed by atoms with E-state index in [0.29, 0.717) is 42.4 Å². The number of nitrogens with zero attached hydrogens (tertiary/aromatic N) is 4. The van der Waals surface area contributed by atoms with Gasteiger partial charge in [0.15, 0.2) is 0 Å². The minimum Gasteiger partial charge on any atom is -0.490 e.